The number of carbonyl (C=O) groups excluding carboxylic acids is 1. The molecule has 1 fully saturated rings. The summed E-state index contributed by atoms with van der Waals surface area (Å²) in [4.78, 5) is 29.9. The Morgan fingerprint density at radius 1 is 1.58 bits per heavy atom. The lowest BCUT2D eigenvalue weighted by Gasteiger charge is -2.23. The van der Waals surface area contributed by atoms with E-state index in [1.54, 1.807) is 6.20 Å². The first-order chi connectivity index (χ1) is 9.16. The standard InChI is InChI=1S/C12H18N4O3/c17-11(8-2-1-3-13-5-8)16-10(12(18)19)4-9-6-14-7-15-9/h6-8,10,13H,1-5H2,(H,14,15)(H,16,17)(H,18,19)/t8-,10-/m1/s1. The first-order valence-corrected chi connectivity index (χ1v) is 6.38. The molecule has 1 aliphatic heterocycles. The maximum Gasteiger partial charge on any atom is 0.326 e. The van der Waals surface area contributed by atoms with Gasteiger partial charge in [0.05, 0.1) is 12.2 Å². The van der Waals surface area contributed by atoms with E-state index >= 15 is 0 Å². The van der Waals surface area contributed by atoms with Crippen molar-refractivity contribution >= 4 is 11.9 Å². The molecule has 1 amide bonds. The van der Waals surface area contributed by atoms with Crippen molar-refractivity contribution in [3.8, 4) is 0 Å². The molecule has 0 saturated carbocycles. The highest BCUT2D eigenvalue weighted by Crippen LogP contribution is 2.10. The number of rotatable bonds is 5. The van der Waals surface area contributed by atoms with Crippen LogP contribution in [-0.2, 0) is 16.0 Å². The van der Waals surface area contributed by atoms with Crippen LogP contribution in [0, 0.1) is 5.92 Å². The van der Waals surface area contributed by atoms with Gasteiger partial charge in [-0.3, -0.25) is 4.79 Å². The fourth-order valence-corrected chi connectivity index (χ4v) is 2.18. The molecule has 2 rings (SSSR count). The van der Waals surface area contributed by atoms with Gasteiger partial charge >= 0.3 is 5.97 Å². The van der Waals surface area contributed by atoms with Crippen molar-refractivity contribution in [3.63, 3.8) is 0 Å². The monoisotopic (exact) mass is 266 g/mol. The number of aromatic amines is 1. The van der Waals surface area contributed by atoms with E-state index in [2.05, 4.69) is 20.6 Å². The normalized spacial score (nSPS) is 20.7. The molecule has 2 atom stereocenters. The van der Waals surface area contributed by atoms with E-state index in [-0.39, 0.29) is 18.2 Å². The molecule has 0 radical (unpaired) electrons. The van der Waals surface area contributed by atoms with Crippen LogP contribution < -0.4 is 10.6 Å². The third-order valence-corrected chi connectivity index (χ3v) is 3.26. The molecule has 1 aromatic rings. The average molecular weight is 266 g/mol. The van der Waals surface area contributed by atoms with Crippen LogP contribution >= 0.6 is 0 Å². The first kappa shape index (κ1) is 13.5. The van der Waals surface area contributed by atoms with Gasteiger partial charge in [-0.15, -0.1) is 0 Å². The number of carbonyl (C=O) groups is 2. The molecule has 0 aromatic carbocycles. The van der Waals surface area contributed by atoms with E-state index in [9.17, 15) is 9.59 Å². The second-order valence-corrected chi connectivity index (χ2v) is 4.72. The fourth-order valence-electron chi connectivity index (χ4n) is 2.18. The summed E-state index contributed by atoms with van der Waals surface area (Å²) in [6.45, 7) is 1.53. The zero-order chi connectivity index (χ0) is 13.7. The van der Waals surface area contributed by atoms with Crippen LogP contribution in [-0.4, -0.2) is 46.1 Å². The molecule has 19 heavy (non-hydrogen) atoms. The van der Waals surface area contributed by atoms with E-state index in [0.29, 0.717) is 12.2 Å². The molecule has 104 valence electrons. The topological polar surface area (TPSA) is 107 Å². The smallest absolute Gasteiger partial charge is 0.326 e. The number of carboxylic acids is 1. The van der Waals surface area contributed by atoms with Crippen LogP contribution in [0.1, 0.15) is 18.5 Å². The number of carboxylic acid groups (broad SMARTS) is 1. The third kappa shape index (κ3) is 3.78. The van der Waals surface area contributed by atoms with Crippen molar-refractivity contribution in [3.05, 3.63) is 18.2 Å². The molecule has 4 N–H and O–H groups in total. The quantitative estimate of drug-likeness (QED) is 0.576. The Kier molecular flexibility index (Phi) is 4.51. The molecule has 2 heterocycles. The first-order valence-electron chi connectivity index (χ1n) is 6.38. The summed E-state index contributed by atoms with van der Waals surface area (Å²) in [5.74, 6) is -1.37. The number of piperidine rings is 1. The van der Waals surface area contributed by atoms with Crippen molar-refractivity contribution in [1.82, 2.24) is 20.6 Å². The lowest BCUT2D eigenvalue weighted by atomic mass is 9.98. The molecular formula is C12H18N4O3. The second-order valence-electron chi connectivity index (χ2n) is 4.72. The van der Waals surface area contributed by atoms with Gasteiger partial charge in [0.1, 0.15) is 6.04 Å². The summed E-state index contributed by atoms with van der Waals surface area (Å²) in [5.41, 5.74) is 0.689. The maximum absolute atomic E-state index is 12.0. The van der Waals surface area contributed by atoms with Gasteiger partial charge in [-0.05, 0) is 19.4 Å². The molecule has 7 nitrogen and oxygen atoms in total. The fraction of sp³-hybridized carbons (Fsp3) is 0.583. The summed E-state index contributed by atoms with van der Waals surface area (Å²) >= 11 is 0. The van der Waals surface area contributed by atoms with Crippen LogP contribution in [0.15, 0.2) is 12.5 Å². The number of nitrogens with one attached hydrogen (secondary N) is 3. The predicted molar refractivity (Wildman–Crippen MR) is 67.5 cm³/mol. The van der Waals surface area contributed by atoms with Crippen molar-refractivity contribution in [2.24, 2.45) is 5.92 Å². The Morgan fingerprint density at radius 2 is 2.42 bits per heavy atom. The van der Waals surface area contributed by atoms with Crippen LogP contribution in [0.25, 0.3) is 0 Å². The zero-order valence-corrected chi connectivity index (χ0v) is 10.6. The minimum atomic E-state index is -1.04. The van der Waals surface area contributed by atoms with E-state index in [0.717, 1.165) is 19.4 Å². The molecule has 0 spiro atoms. The summed E-state index contributed by atoms with van der Waals surface area (Å²) in [6, 6.07) is -0.921. The Morgan fingerprint density at radius 3 is 3.00 bits per heavy atom. The Bertz CT molecular complexity index is 426. The number of aliphatic carboxylic acids is 1. The maximum atomic E-state index is 12.0. The Labute approximate surface area is 110 Å². The van der Waals surface area contributed by atoms with Crippen LogP contribution in [0.3, 0.4) is 0 Å². The SMILES string of the molecule is O=C(N[C@H](Cc1cnc[nH]1)C(=O)O)[C@@H]1CCCNC1. The molecule has 0 aliphatic carbocycles. The van der Waals surface area contributed by atoms with Crippen molar-refractivity contribution in [1.29, 1.82) is 0 Å². The van der Waals surface area contributed by atoms with Crippen molar-refractivity contribution in [2.45, 2.75) is 25.3 Å². The van der Waals surface area contributed by atoms with Crippen molar-refractivity contribution in [2.75, 3.05) is 13.1 Å². The van der Waals surface area contributed by atoms with Gasteiger partial charge in [0, 0.05) is 24.9 Å². The lowest BCUT2D eigenvalue weighted by molar-refractivity contribution is -0.142. The number of imidazole rings is 1. The van der Waals surface area contributed by atoms with E-state index in [1.807, 2.05) is 0 Å². The number of nitrogens with zero attached hydrogens (tertiary/aromatic N) is 1. The van der Waals surface area contributed by atoms with Gasteiger partial charge in [0.15, 0.2) is 0 Å². The van der Waals surface area contributed by atoms with Crippen LogP contribution in [0.2, 0.25) is 0 Å². The summed E-state index contributed by atoms with van der Waals surface area (Å²) in [5, 5.41) is 14.9. The third-order valence-electron chi connectivity index (χ3n) is 3.26. The number of hydrogen-bond donors (Lipinski definition) is 4. The van der Waals surface area contributed by atoms with Gasteiger partial charge < -0.3 is 20.7 Å². The average Bonchev–Trinajstić information content (AvgIpc) is 2.91. The Hall–Kier alpha value is -1.89. The number of amides is 1. The molecule has 0 unspecified atom stereocenters. The second kappa shape index (κ2) is 6.33. The molecule has 1 saturated heterocycles. The highest BCUT2D eigenvalue weighted by atomic mass is 16.4. The van der Waals surface area contributed by atoms with Gasteiger partial charge in [-0.1, -0.05) is 0 Å². The highest BCUT2D eigenvalue weighted by molar-refractivity contribution is 5.85. The summed E-state index contributed by atoms with van der Waals surface area (Å²) in [7, 11) is 0. The number of aromatic nitrogens is 2. The summed E-state index contributed by atoms with van der Waals surface area (Å²) in [6.07, 6.45) is 5.00. The highest BCUT2D eigenvalue weighted by Gasteiger charge is 2.26. The largest absolute Gasteiger partial charge is 0.480 e. The van der Waals surface area contributed by atoms with E-state index in [1.165, 1.54) is 6.33 Å². The van der Waals surface area contributed by atoms with Gasteiger partial charge in [0.25, 0.3) is 0 Å². The zero-order valence-electron chi connectivity index (χ0n) is 10.6. The minimum Gasteiger partial charge on any atom is -0.480 e. The minimum absolute atomic E-state index is 0.141. The van der Waals surface area contributed by atoms with Crippen LogP contribution in [0.5, 0.6) is 0 Å². The number of H-pyrrole nitrogens is 1. The van der Waals surface area contributed by atoms with Gasteiger partial charge in [0.2, 0.25) is 5.91 Å². The molecule has 7 heteroatoms. The molecule has 1 aromatic heterocycles. The Balaban J connectivity index is 1.92. The van der Waals surface area contributed by atoms with Gasteiger partial charge in [-0.25, -0.2) is 9.78 Å². The predicted octanol–water partition coefficient (Wildman–Crippen LogP) is -0.479. The molecule has 0 bridgehead atoms. The van der Waals surface area contributed by atoms with Crippen molar-refractivity contribution < 1.29 is 14.7 Å². The number of hydrogen-bond acceptors (Lipinski definition) is 4. The van der Waals surface area contributed by atoms with Gasteiger partial charge in [-0.2, -0.15) is 0 Å². The summed E-state index contributed by atoms with van der Waals surface area (Å²) < 4.78 is 0. The van der Waals surface area contributed by atoms with E-state index in [4.69, 9.17) is 5.11 Å². The van der Waals surface area contributed by atoms with Crippen LogP contribution in [0.4, 0.5) is 0 Å². The van der Waals surface area contributed by atoms with E-state index < -0.39 is 12.0 Å². The molecule has 1 aliphatic rings. The lowest BCUT2D eigenvalue weighted by Crippen LogP contribution is -2.48. The molecular weight excluding hydrogens is 248 g/mol.